The molecule has 0 aliphatic heterocycles. The number of ether oxygens (including phenoxy) is 2. The molecule has 0 unspecified atom stereocenters. The molecule has 7 heteroatoms. The first kappa shape index (κ1) is 24.6. The fraction of sp³-hybridized carbons (Fsp3) is 0.320. The van der Waals surface area contributed by atoms with Gasteiger partial charge in [-0.25, -0.2) is 9.97 Å². The molecule has 0 fully saturated rings. The zero-order chi connectivity index (χ0) is 23.2. The number of pyridine rings is 1. The summed E-state index contributed by atoms with van der Waals surface area (Å²) in [4.78, 5) is 20.8. The summed E-state index contributed by atoms with van der Waals surface area (Å²) >= 11 is 0. The minimum atomic E-state index is -0.122. The molecule has 0 saturated heterocycles. The van der Waals surface area contributed by atoms with E-state index in [1.807, 2.05) is 37.3 Å². The van der Waals surface area contributed by atoms with E-state index >= 15 is 0 Å². The first-order valence-electron chi connectivity index (χ1n) is 10.4. The third-order valence-corrected chi connectivity index (χ3v) is 4.63. The van der Waals surface area contributed by atoms with Gasteiger partial charge in [-0.3, -0.25) is 4.79 Å². The number of benzene rings is 1. The maximum Gasteiger partial charge on any atom is 0.254 e. The Kier molecular flexibility index (Phi) is 10.5. The molecular formula is C25H29N3O4. The minimum Gasteiger partial charge on any atom is -0.494 e. The molecular weight excluding hydrogens is 406 g/mol. The Morgan fingerprint density at radius 3 is 2.34 bits per heavy atom. The normalized spacial score (nSPS) is 10.1. The number of rotatable bonds is 11. The third kappa shape index (κ3) is 7.89. The zero-order valence-corrected chi connectivity index (χ0v) is 18.3. The van der Waals surface area contributed by atoms with Crippen LogP contribution in [-0.2, 0) is 13.2 Å². The van der Waals surface area contributed by atoms with Crippen molar-refractivity contribution in [2.75, 3.05) is 13.2 Å². The lowest BCUT2D eigenvalue weighted by molar-refractivity contribution is 0.266. The van der Waals surface area contributed by atoms with Crippen LogP contribution in [0, 0.1) is 19.8 Å². The molecule has 2 aromatic heterocycles. The molecule has 3 aromatic rings. The maximum absolute atomic E-state index is 12.6. The van der Waals surface area contributed by atoms with E-state index in [1.165, 1.54) is 6.07 Å². The number of aromatic nitrogens is 3. The van der Waals surface area contributed by atoms with Crippen molar-refractivity contribution in [2.24, 2.45) is 0 Å². The van der Waals surface area contributed by atoms with Crippen LogP contribution in [0.15, 0.2) is 59.7 Å². The van der Waals surface area contributed by atoms with Gasteiger partial charge in [0.25, 0.3) is 5.56 Å². The highest BCUT2D eigenvalue weighted by molar-refractivity contribution is 5.29. The Bertz CT molecular complexity index is 1010. The first-order chi connectivity index (χ1) is 15.7. The van der Waals surface area contributed by atoms with Crippen molar-refractivity contribution in [1.29, 1.82) is 0 Å². The van der Waals surface area contributed by atoms with Crippen LogP contribution in [0.2, 0.25) is 0 Å². The third-order valence-electron chi connectivity index (χ3n) is 4.63. The van der Waals surface area contributed by atoms with E-state index in [1.54, 1.807) is 23.0 Å². The molecule has 0 aliphatic carbocycles. The summed E-state index contributed by atoms with van der Waals surface area (Å²) in [6.07, 6.45) is 14.0. The predicted octanol–water partition coefficient (Wildman–Crippen LogP) is 3.36. The van der Waals surface area contributed by atoms with Gasteiger partial charge in [-0.05, 0) is 56.0 Å². The second kappa shape index (κ2) is 13.6. The quantitative estimate of drug-likeness (QED) is 0.367. The van der Waals surface area contributed by atoms with Gasteiger partial charge < -0.3 is 19.1 Å². The lowest BCUT2D eigenvalue weighted by Crippen LogP contribution is -2.22. The number of hydrogen-bond donors (Lipinski definition) is 1. The van der Waals surface area contributed by atoms with Crippen LogP contribution >= 0.6 is 0 Å². The Morgan fingerprint density at radius 2 is 1.69 bits per heavy atom. The lowest BCUT2D eigenvalue weighted by atomic mass is 10.2. The van der Waals surface area contributed by atoms with Crippen molar-refractivity contribution in [3.05, 3.63) is 82.3 Å². The molecule has 168 valence electrons. The summed E-state index contributed by atoms with van der Waals surface area (Å²) in [6, 6.07) is 12.8. The van der Waals surface area contributed by atoms with Gasteiger partial charge in [0.2, 0.25) is 0 Å². The standard InChI is InChI=1S/C23H27N3O4.C2H2/c1-18-14-21(30-17-22-24-10-5-11-25-22)15-23(28)26(18)16-19-6-8-20(9-7-19)29-13-4-2-3-12-27;1-2/h5-11,14-15,27H,2-4,12-13,16-17H2,1H3;1-2H. The average molecular weight is 436 g/mol. The summed E-state index contributed by atoms with van der Waals surface area (Å²) in [5.74, 6) is 1.87. The van der Waals surface area contributed by atoms with E-state index in [0.717, 1.165) is 36.3 Å². The van der Waals surface area contributed by atoms with Crippen molar-refractivity contribution in [2.45, 2.75) is 39.3 Å². The SMILES string of the molecule is C#C.Cc1cc(OCc2ncccn2)cc(=O)n1Cc1ccc(OCCCCCO)cc1. The molecule has 1 aromatic carbocycles. The molecule has 2 heterocycles. The predicted molar refractivity (Wildman–Crippen MR) is 124 cm³/mol. The topological polar surface area (TPSA) is 86.5 Å². The summed E-state index contributed by atoms with van der Waals surface area (Å²) in [6.45, 7) is 3.43. The molecule has 1 N–H and O–H groups in total. The molecule has 0 atom stereocenters. The van der Waals surface area contributed by atoms with Crippen molar-refractivity contribution in [3.8, 4) is 24.3 Å². The molecule has 0 bridgehead atoms. The molecule has 0 amide bonds. The van der Waals surface area contributed by atoms with E-state index in [4.69, 9.17) is 14.6 Å². The summed E-state index contributed by atoms with van der Waals surface area (Å²) in [7, 11) is 0. The van der Waals surface area contributed by atoms with Gasteiger partial charge in [0.15, 0.2) is 5.82 Å². The number of aryl methyl sites for hydroxylation is 1. The smallest absolute Gasteiger partial charge is 0.254 e. The second-order valence-electron chi connectivity index (χ2n) is 6.99. The average Bonchev–Trinajstić information content (AvgIpc) is 2.83. The summed E-state index contributed by atoms with van der Waals surface area (Å²) in [5, 5.41) is 8.79. The number of hydrogen-bond acceptors (Lipinski definition) is 6. The highest BCUT2D eigenvalue weighted by Crippen LogP contribution is 2.16. The molecule has 0 saturated carbocycles. The molecule has 3 rings (SSSR count). The highest BCUT2D eigenvalue weighted by Gasteiger charge is 2.07. The fourth-order valence-corrected chi connectivity index (χ4v) is 2.99. The molecule has 32 heavy (non-hydrogen) atoms. The van der Waals surface area contributed by atoms with Gasteiger partial charge in [0.1, 0.15) is 18.1 Å². The van der Waals surface area contributed by atoms with E-state index in [2.05, 4.69) is 22.8 Å². The van der Waals surface area contributed by atoms with Crippen LogP contribution in [0.1, 0.15) is 36.3 Å². The van der Waals surface area contributed by atoms with Gasteiger partial charge >= 0.3 is 0 Å². The van der Waals surface area contributed by atoms with E-state index in [9.17, 15) is 4.79 Å². The van der Waals surface area contributed by atoms with E-state index in [0.29, 0.717) is 24.7 Å². The monoisotopic (exact) mass is 435 g/mol. The maximum atomic E-state index is 12.6. The zero-order valence-electron chi connectivity index (χ0n) is 18.3. The number of terminal acetylenes is 1. The minimum absolute atomic E-state index is 0.122. The van der Waals surface area contributed by atoms with E-state index < -0.39 is 0 Å². The summed E-state index contributed by atoms with van der Waals surface area (Å²) in [5.41, 5.74) is 1.71. The summed E-state index contributed by atoms with van der Waals surface area (Å²) < 4.78 is 13.1. The van der Waals surface area contributed by atoms with Crippen LogP contribution < -0.4 is 15.0 Å². The van der Waals surface area contributed by atoms with Gasteiger partial charge in [-0.1, -0.05) is 12.1 Å². The Labute approximate surface area is 188 Å². The molecule has 0 spiro atoms. The van der Waals surface area contributed by atoms with Crippen molar-refractivity contribution in [3.63, 3.8) is 0 Å². The number of unbranched alkanes of at least 4 members (excludes halogenated alkanes) is 2. The van der Waals surface area contributed by atoms with Crippen LogP contribution in [0.4, 0.5) is 0 Å². The van der Waals surface area contributed by atoms with Crippen LogP contribution in [0.5, 0.6) is 11.5 Å². The lowest BCUT2D eigenvalue weighted by Gasteiger charge is -2.13. The molecule has 0 radical (unpaired) electrons. The molecule has 7 nitrogen and oxygen atoms in total. The van der Waals surface area contributed by atoms with Crippen LogP contribution in [-0.4, -0.2) is 32.9 Å². The van der Waals surface area contributed by atoms with Gasteiger partial charge in [-0.15, -0.1) is 12.8 Å². The Balaban J connectivity index is 0.00000176. The van der Waals surface area contributed by atoms with Crippen molar-refractivity contribution >= 4 is 0 Å². The van der Waals surface area contributed by atoms with E-state index in [-0.39, 0.29) is 18.8 Å². The second-order valence-corrected chi connectivity index (χ2v) is 6.99. The van der Waals surface area contributed by atoms with Crippen molar-refractivity contribution < 1.29 is 14.6 Å². The highest BCUT2D eigenvalue weighted by atomic mass is 16.5. The van der Waals surface area contributed by atoms with Gasteiger partial charge in [0, 0.05) is 30.8 Å². The Morgan fingerprint density at radius 1 is 0.969 bits per heavy atom. The number of aliphatic hydroxyl groups excluding tert-OH is 1. The largest absolute Gasteiger partial charge is 0.494 e. The van der Waals surface area contributed by atoms with Gasteiger partial charge in [-0.2, -0.15) is 0 Å². The van der Waals surface area contributed by atoms with Gasteiger partial charge in [0.05, 0.1) is 13.2 Å². The van der Waals surface area contributed by atoms with Crippen molar-refractivity contribution in [1.82, 2.24) is 14.5 Å². The number of nitrogens with zero attached hydrogens (tertiary/aromatic N) is 3. The molecule has 0 aliphatic rings. The fourth-order valence-electron chi connectivity index (χ4n) is 2.99. The Hall–Kier alpha value is -3.63. The first-order valence-corrected chi connectivity index (χ1v) is 10.4. The number of aliphatic hydroxyl groups is 1. The van der Waals surface area contributed by atoms with Crippen LogP contribution in [0.25, 0.3) is 0 Å². The van der Waals surface area contributed by atoms with Crippen LogP contribution in [0.3, 0.4) is 0 Å².